The van der Waals surface area contributed by atoms with Crippen molar-refractivity contribution < 1.29 is 14.2 Å². The topological polar surface area (TPSA) is 27.7 Å². The van der Waals surface area contributed by atoms with Crippen LogP contribution >= 0.6 is 12.6 Å². The average Bonchev–Trinajstić information content (AvgIpc) is 2.36. The third kappa shape index (κ3) is 5.16. The first-order chi connectivity index (χ1) is 8.04. The maximum atomic E-state index is 5.82. The summed E-state index contributed by atoms with van der Waals surface area (Å²) in [5.74, 6) is 0.879. The van der Waals surface area contributed by atoms with E-state index in [1.54, 1.807) is 7.11 Å². The molecule has 1 aliphatic heterocycles. The number of hydrogen-bond acceptors (Lipinski definition) is 4. The summed E-state index contributed by atoms with van der Waals surface area (Å²) in [5.41, 5.74) is 0.127. The minimum Gasteiger partial charge on any atom is -0.381 e. The SMILES string of the molecule is COC(C)(C)CCOCC1(CS)CCOCC1. The Morgan fingerprint density at radius 2 is 1.94 bits per heavy atom. The zero-order valence-corrected chi connectivity index (χ0v) is 12.2. The molecule has 0 N–H and O–H groups in total. The number of hydrogen-bond donors (Lipinski definition) is 1. The van der Waals surface area contributed by atoms with Gasteiger partial charge in [-0.25, -0.2) is 0 Å². The molecule has 0 unspecified atom stereocenters. The number of ether oxygens (including phenoxy) is 3. The molecule has 0 radical (unpaired) electrons. The van der Waals surface area contributed by atoms with Crippen LogP contribution in [-0.2, 0) is 14.2 Å². The Bertz CT molecular complexity index is 213. The van der Waals surface area contributed by atoms with E-state index >= 15 is 0 Å². The number of rotatable bonds is 7. The molecule has 0 aromatic heterocycles. The van der Waals surface area contributed by atoms with Crippen molar-refractivity contribution >= 4 is 12.6 Å². The molecule has 0 spiro atoms. The Balaban J connectivity index is 2.24. The third-order valence-corrected chi connectivity index (χ3v) is 4.37. The van der Waals surface area contributed by atoms with Gasteiger partial charge in [0.15, 0.2) is 0 Å². The van der Waals surface area contributed by atoms with E-state index in [0.29, 0.717) is 0 Å². The van der Waals surface area contributed by atoms with Crippen LogP contribution in [0.25, 0.3) is 0 Å². The standard InChI is InChI=1S/C13H26O3S/c1-12(2,14-3)4-7-16-10-13(11-17)5-8-15-9-6-13/h17H,4-11H2,1-3H3. The molecular formula is C13H26O3S. The maximum absolute atomic E-state index is 5.82. The average molecular weight is 262 g/mol. The molecule has 1 fully saturated rings. The fourth-order valence-electron chi connectivity index (χ4n) is 1.86. The molecule has 0 aromatic rings. The summed E-state index contributed by atoms with van der Waals surface area (Å²) in [4.78, 5) is 0. The molecule has 0 aliphatic carbocycles. The van der Waals surface area contributed by atoms with E-state index in [-0.39, 0.29) is 11.0 Å². The van der Waals surface area contributed by atoms with Crippen LogP contribution in [0.5, 0.6) is 0 Å². The summed E-state index contributed by atoms with van der Waals surface area (Å²) >= 11 is 4.47. The van der Waals surface area contributed by atoms with Gasteiger partial charge in [-0.3, -0.25) is 0 Å². The molecule has 0 saturated carbocycles. The van der Waals surface area contributed by atoms with Crippen LogP contribution < -0.4 is 0 Å². The molecule has 0 aromatic carbocycles. The predicted molar refractivity (Wildman–Crippen MR) is 72.9 cm³/mol. The van der Waals surface area contributed by atoms with Crippen molar-refractivity contribution in [1.82, 2.24) is 0 Å². The maximum Gasteiger partial charge on any atom is 0.0644 e. The Morgan fingerprint density at radius 3 is 2.47 bits per heavy atom. The van der Waals surface area contributed by atoms with E-state index in [1.165, 1.54) is 0 Å². The molecular weight excluding hydrogens is 236 g/mol. The highest BCUT2D eigenvalue weighted by atomic mass is 32.1. The summed E-state index contributed by atoms with van der Waals surface area (Å²) in [6, 6.07) is 0. The Kier molecular flexibility index (Phi) is 6.27. The summed E-state index contributed by atoms with van der Waals surface area (Å²) < 4.78 is 16.6. The van der Waals surface area contributed by atoms with Gasteiger partial charge in [0.2, 0.25) is 0 Å². The van der Waals surface area contributed by atoms with Gasteiger partial charge in [-0.1, -0.05) is 0 Å². The molecule has 0 amide bonds. The predicted octanol–water partition coefficient (Wildman–Crippen LogP) is 2.54. The van der Waals surface area contributed by atoms with Gasteiger partial charge >= 0.3 is 0 Å². The van der Waals surface area contributed by atoms with E-state index in [2.05, 4.69) is 26.5 Å². The lowest BCUT2D eigenvalue weighted by molar-refractivity contribution is -0.0481. The summed E-state index contributed by atoms with van der Waals surface area (Å²) in [7, 11) is 1.74. The first-order valence-corrected chi connectivity index (χ1v) is 6.98. The molecule has 1 heterocycles. The van der Waals surface area contributed by atoms with E-state index in [9.17, 15) is 0 Å². The van der Waals surface area contributed by atoms with Gasteiger partial charge in [0.25, 0.3) is 0 Å². The van der Waals surface area contributed by atoms with Gasteiger partial charge in [-0.2, -0.15) is 12.6 Å². The first kappa shape index (κ1) is 15.3. The van der Waals surface area contributed by atoms with Crippen molar-refractivity contribution in [3.63, 3.8) is 0 Å². The Labute approximate surface area is 111 Å². The van der Waals surface area contributed by atoms with Gasteiger partial charge < -0.3 is 14.2 Å². The molecule has 0 bridgehead atoms. The van der Waals surface area contributed by atoms with E-state index < -0.39 is 0 Å². The molecule has 4 heteroatoms. The fraction of sp³-hybridized carbons (Fsp3) is 1.00. The van der Waals surface area contributed by atoms with Gasteiger partial charge in [0, 0.05) is 32.3 Å². The lowest BCUT2D eigenvalue weighted by atomic mass is 9.83. The first-order valence-electron chi connectivity index (χ1n) is 6.35. The summed E-state index contributed by atoms with van der Waals surface area (Å²) in [5, 5.41) is 0. The van der Waals surface area contributed by atoms with Crippen molar-refractivity contribution in [2.45, 2.75) is 38.7 Å². The smallest absolute Gasteiger partial charge is 0.0644 e. The minimum atomic E-state index is -0.0934. The fourth-order valence-corrected chi connectivity index (χ4v) is 2.27. The largest absolute Gasteiger partial charge is 0.381 e. The lowest BCUT2D eigenvalue weighted by Gasteiger charge is -2.35. The molecule has 102 valence electrons. The zero-order valence-electron chi connectivity index (χ0n) is 11.3. The van der Waals surface area contributed by atoms with Crippen molar-refractivity contribution in [1.29, 1.82) is 0 Å². The molecule has 0 atom stereocenters. The van der Waals surface area contributed by atoms with Crippen molar-refractivity contribution in [3.8, 4) is 0 Å². The van der Waals surface area contributed by atoms with Crippen LogP contribution in [0, 0.1) is 5.41 Å². The highest BCUT2D eigenvalue weighted by molar-refractivity contribution is 7.80. The molecule has 1 saturated heterocycles. The third-order valence-electron chi connectivity index (χ3n) is 3.70. The van der Waals surface area contributed by atoms with Crippen LogP contribution in [0.1, 0.15) is 33.1 Å². The van der Waals surface area contributed by atoms with Crippen LogP contribution in [0.4, 0.5) is 0 Å². The molecule has 17 heavy (non-hydrogen) atoms. The van der Waals surface area contributed by atoms with Crippen LogP contribution in [0.3, 0.4) is 0 Å². The van der Waals surface area contributed by atoms with Crippen LogP contribution in [0.2, 0.25) is 0 Å². The van der Waals surface area contributed by atoms with E-state index in [0.717, 1.165) is 51.4 Å². The van der Waals surface area contributed by atoms with E-state index in [4.69, 9.17) is 14.2 Å². The Hall–Kier alpha value is 0.230. The molecule has 1 rings (SSSR count). The van der Waals surface area contributed by atoms with Gasteiger partial charge in [-0.05, 0) is 38.9 Å². The van der Waals surface area contributed by atoms with Crippen LogP contribution in [0.15, 0.2) is 0 Å². The van der Waals surface area contributed by atoms with Crippen molar-refractivity contribution in [3.05, 3.63) is 0 Å². The Morgan fingerprint density at radius 1 is 1.29 bits per heavy atom. The second-order valence-electron chi connectivity index (χ2n) is 5.54. The second kappa shape index (κ2) is 6.98. The monoisotopic (exact) mass is 262 g/mol. The minimum absolute atomic E-state index is 0.0934. The summed E-state index contributed by atoms with van der Waals surface area (Å²) in [6.07, 6.45) is 3.04. The quantitative estimate of drug-likeness (QED) is 0.564. The molecule has 1 aliphatic rings. The highest BCUT2D eigenvalue weighted by Crippen LogP contribution is 2.32. The zero-order chi connectivity index (χ0) is 12.8. The number of methoxy groups -OCH3 is 1. The van der Waals surface area contributed by atoms with Gasteiger partial charge in [-0.15, -0.1) is 0 Å². The summed E-state index contributed by atoms with van der Waals surface area (Å²) in [6.45, 7) is 7.39. The van der Waals surface area contributed by atoms with Gasteiger partial charge in [0.05, 0.1) is 12.2 Å². The van der Waals surface area contributed by atoms with E-state index in [1.807, 2.05) is 0 Å². The van der Waals surface area contributed by atoms with Crippen molar-refractivity contribution in [2.24, 2.45) is 5.41 Å². The van der Waals surface area contributed by atoms with Crippen LogP contribution in [-0.4, -0.2) is 44.9 Å². The highest BCUT2D eigenvalue weighted by Gasteiger charge is 2.31. The normalized spacial score (nSPS) is 20.5. The van der Waals surface area contributed by atoms with Crippen molar-refractivity contribution in [2.75, 3.05) is 39.3 Å². The number of thiol groups is 1. The second-order valence-corrected chi connectivity index (χ2v) is 5.85. The lowest BCUT2D eigenvalue weighted by Crippen LogP contribution is -2.36. The van der Waals surface area contributed by atoms with Gasteiger partial charge in [0.1, 0.15) is 0 Å². The molecule has 3 nitrogen and oxygen atoms in total.